The van der Waals surface area contributed by atoms with Crippen LogP contribution in [0, 0.1) is 0 Å². The van der Waals surface area contributed by atoms with Gasteiger partial charge in [-0.25, -0.2) is 0 Å². The van der Waals surface area contributed by atoms with Crippen molar-refractivity contribution in [2.45, 2.75) is 262 Å². The van der Waals surface area contributed by atoms with Crippen LogP contribution in [-0.2, 0) is 14.3 Å². The molecule has 1 aliphatic rings. The van der Waals surface area contributed by atoms with E-state index in [4.69, 9.17) is 9.47 Å². The summed E-state index contributed by atoms with van der Waals surface area (Å²) in [6, 6.07) is -1.20. The number of aliphatic hydroxyl groups excluding tert-OH is 7. The quantitative estimate of drug-likeness (QED) is 0.0216. The van der Waals surface area contributed by atoms with Crippen LogP contribution in [0.15, 0.2) is 60.8 Å². The summed E-state index contributed by atoms with van der Waals surface area (Å²) in [5.74, 6) is -0.720. The second-order valence-corrected chi connectivity index (χ2v) is 18.2. The number of ether oxygens (including phenoxy) is 2. The second kappa shape index (κ2) is 43.1. The Balaban J connectivity index is 2.38. The summed E-state index contributed by atoms with van der Waals surface area (Å²) in [5.41, 5.74) is 0. The molecule has 0 spiro atoms. The Hall–Kier alpha value is -2.19. The fraction of sp³-hybridized carbons (Fsp3) is 0.796. The SMILES string of the molecule is CCC/C=C/CC/C=C/CC/C=C/CCCC(O)C(O)C(COC1OC(CO)C(O)C(O)C1O)NC(=O)C(O)CCCCCCCCCC/C=C\C/C=C\CCCCCCCCCCC. The Morgan fingerprint density at radius 1 is 0.538 bits per heavy atom. The van der Waals surface area contributed by atoms with Crippen molar-refractivity contribution < 1.29 is 50.0 Å². The number of allylic oxidation sites excluding steroid dienone is 10. The van der Waals surface area contributed by atoms with E-state index in [9.17, 15) is 40.5 Å². The topological polar surface area (TPSA) is 189 Å². The molecule has 1 rings (SSSR count). The number of aliphatic hydroxyl groups is 7. The van der Waals surface area contributed by atoms with Gasteiger partial charge >= 0.3 is 0 Å². The van der Waals surface area contributed by atoms with Gasteiger partial charge in [-0.1, -0.05) is 177 Å². The molecule has 8 N–H and O–H groups in total. The minimum Gasteiger partial charge on any atom is -0.394 e. The third kappa shape index (κ3) is 32.2. The zero-order valence-corrected chi connectivity index (χ0v) is 41.0. The molecule has 1 fully saturated rings. The van der Waals surface area contributed by atoms with Crippen LogP contribution in [0.25, 0.3) is 0 Å². The van der Waals surface area contributed by atoms with E-state index in [2.05, 4.69) is 79.9 Å². The molecule has 0 saturated carbocycles. The lowest BCUT2D eigenvalue weighted by atomic mass is 9.98. The summed E-state index contributed by atoms with van der Waals surface area (Å²) in [6.45, 7) is 3.35. The van der Waals surface area contributed by atoms with Crippen molar-refractivity contribution in [3.05, 3.63) is 60.8 Å². The first kappa shape index (κ1) is 60.8. The molecule has 0 bridgehead atoms. The molecule has 65 heavy (non-hydrogen) atoms. The van der Waals surface area contributed by atoms with Crippen molar-refractivity contribution in [1.82, 2.24) is 5.32 Å². The Morgan fingerprint density at radius 2 is 1.00 bits per heavy atom. The van der Waals surface area contributed by atoms with Crippen LogP contribution < -0.4 is 5.32 Å². The van der Waals surface area contributed by atoms with Crippen LogP contribution in [-0.4, -0.2) is 110 Å². The van der Waals surface area contributed by atoms with Crippen molar-refractivity contribution in [1.29, 1.82) is 0 Å². The average molecular weight is 920 g/mol. The van der Waals surface area contributed by atoms with Crippen LogP contribution in [0.5, 0.6) is 0 Å². The minimum atomic E-state index is -1.68. The van der Waals surface area contributed by atoms with Gasteiger partial charge in [0, 0.05) is 0 Å². The van der Waals surface area contributed by atoms with E-state index in [1.54, 1.807) is 0 Å². The van der Waals surface area contributed by atoms with Crippen LogP contribution in [0.1, 0.15) is 206 Å². The van der Waals surface area contributed by atoms with Gasteiger partial charge in [0.2, 0.25) is 5.91 Å². The number of hydrogen-bond donors (Lipinski definition) is 8. The van der Waals surface area contributed by atoms with E-state index >= 15 is 0 Å². The normalized spacial score (nSPS) is 21.4. The van der Waals surface area contributed by atoms with Gasteiger partial charge in [-0.3, -0.25) is 4.79 Å². The van der Waals surface area contributed by atoms with E-state index in [-0.39, 0.29) is 12.8 Å². The van der Waals surface area contributed by atoms with Gasteiger partial charge in [0.1, 0.15) is 36.6 Å². The molecule has 0 aromatic carbocycles. The molecule has 11 nitrogen and oxygen atoms in total. The molecular formula is C54H97NO10. The Morgan fingerprint density at radius 3 is 1.52 bits per heavy atom. The zero-order valence-electron chi connectivity index (χ0n) is 41.0. The molecule has 0 aliphatic carbocycles. The molecule has 9 unspecified atom stereocenters. The maximum absolute atomic E-state index is 13.1. The standard InChI is InChI=1S/C54H97NO10/c1-3-5-7-9-11-13-15-17-19-20-21-22-23-24-25-26-27-28-30-32-34-36-38-40-42-47(58)53(63)55-45(44-64-54-52(62)51(61)50(60)48(43-56)65-54)49(59)46(57)41-39-37-35-33-31-29-18-16-14-12-10-8-6-4-2/h8,10,16,18,21-22,24-25,33,35,45-52,54,56-62H,3-7,9,11-15,17,19-20,23,26-32,34,36-44H2,1-2H3,(H,55,63)/b10-8+,18-16+,22-21-,25-24-,35-33+. The maximum Gasteiger partial charge on any atom is 0.249 e. The summed E-state index contributed by atoms with van der Waals surface area (Å²) in [6.07, 6.45) is 42.7. The highest BCUT2D eigenvalue weighted by Gasteiger charge is 2.44. The predicted octanol–water partition coefficient (Wildman–Crippen LogP) is 9.89. The van der Waals surface area contributed by atoms with Gasteiger partial charge in [0.15, 0.2) is 6.29 Å². The average Bonchev–Trinajstić information content (AvgIpc) is 3.31. The highest BCUT2D eigenvalue weighted by atomic mass is 16.7. The number of carbonyl (C=O) groups is 1. The Labute approximate surface area is 395 Å². The third-order valence-electron chi connectivity index (χ3n) is 12.2. The molecule has 1 heterocycles. The first-order valence-corrected chi connectivity index (χ1v) is 26.2. The molecule has 11 heteroatoms. The first-order chi connectivity index (χ1) is 31.7. The Bertz CT molecular complexity index is 1240. The zero-order chi connectivity index (χ0) is 47.6. The van der Waals surface area contributed by atoms with Crippen molar-refractivity contribution in [3.8, 4) is 0 Å². The smallest absolute Gasteiger partial charge is 0.249 e. The van der Waals surface area contributed by atoms with Gasteiger partial charge in [0.25, 0.3) is 0 Å². The van der Waals surface area contributed by atoms with Crippen LogP contribution in [0.2, 0.25) is 0 Å². The molecule has 0 aromatic heterocycles. The molecular weight excluding hydrogens is 823 g/mol. The van der Waals surface area contributed by atoms with E-state index in [0.717, 1.165) is 70.6 Å². The number of hydrogen-bond acceptors (Lipinski definition) is 10. The van der Waals surface area contributed by atoms with E-state index in [1.165, 1.54) is 89.9 Å². The van der Waals surface area contributed by atoms with Crippen molar-refractivity contribution in [2.24, 2.45) is 0 Å². The fourth-order valence-electron chi connectivity index (χ4n) is 7.92. The van der Waals surface area contributed by atoms with Gasteiger partial charge in [-0.05, 0) is 89.9 Å². The molecule has 378 valence electrons. The lowest BCUT2D eigenvalue weighted by Crippen LogP contribution is -2.60. The van der Waals surface area contributed by atoms with Gasteiger partial charge in [-0.15, -0.1) is 0 Å². The third-order valence-corrected chi connectivity index (χ3v) is 12.2. The number of nitrogens with one attached hydrogen (secondary N) is 1. The summed E-state index contributed by atoms with van der Waals surface area (Å²) in [5, 5.41) is 75.8. The van der Waals surface area contributed by atoms with Crippen LogP contribution >= 0.6 is 0 Å². The molecule has 0 radical (unpaired) electrons. The number of rotatable bonds is 43. The van der Waals surface area contributed by atoms with Crippen LogP contribution in [0.3, 0.4) is 0 Å². The van der Waals surface area contributed by atoms with Crippen molar-refractivity contribution >= 4 is 5.91 Å². The molecule has 1 aliphatic heterocycles. The largest absolute Gasteiger partial charge is 0.394 e. The molecule has 1 saturated heterocycles. The minimum absolute atomic E-state index is 0.236. The van der Waals surface area contributed by atoms with Gasteiger partial charge in [0.05, 0.1) is 25.4 Å². The van der Waals surface area contributed by atoms with Gasteiger partial charge in [-0.2, -0.15) is 0 Å². The van der Waals surface area contributed by atoms with Crippen molar-refractivity contribution in [2.75, 3.05) is 13.2 Å². The first-order valence-electron chi connectivity index (χ1n) is 26.2. The number of unbranched alkanes of at least 4 members (excludes halogenated alkanes) is 21. The number of amides is 1. The number of carbonyl (C=O) groups excluding carboxylic acids is 1. The molecule has 0 aromatic rings. The van der Waals surface area contributed by atoms with Gasteiger partial charge < -0.3 is 50.5 Å². The lowest BCUT2D eigenvalue weighted by molar-refractivity contribution is -0.303. The molecule has 1 amide bonds. The highest BCUT2D eigenvalue weighted by molar-refractivity contribution is 5.80. The summed E-state index contributed by atoms with van der Waals surface area (Å²) < 4.78 is 11.1. The summed E-state index contributed by atoms with van der Waals surface area (Å²) in [7, 11) is 0. The summed E-state index contributed by atoms with van der Waals surface area (Å²) in [4.78, 5) is 13.1. The van der Waals surface area contributed by atoms with Crippen molar-refractivity contribution in [3.63, 3.8) is 0 Å². The van der Waals surface area contributed by atoms with E-state index in [0.29, 0.717) is 19.3 Å². The highest BCUT2D eigenvalue weighted by Crippen LogP contribution is 2.23. The van der Waals surface area contributed by atoms with Crippen LogP contribution in [0.4, 0.5) is 0 Å². The van der Waals surface area contributed by atoms with E-state index in [1.807, 2.05) is 0 Å². The Kier molecular flexibility index (Phi) is 40.3. The maximum atomic E-state index is 13.1. The predicted molar refractivity (Wildman–Crippen MR) is 265 cm³/mol. The monoisotopic (exact) mass is 920 g/mol. The fourth-order valence-corrected chi connectivity index (χ4v) is 7.92. The summed E-state index contributed by atoms with van der Waals surface area (Å²) >= 11 is 0. The molecule has 9 atom stereocenters. The lowest BCUT2D eigenvalue weighted by Gasteiger charge is -2.40. The van der Waals surface area contributed by atoms with E-state index < -0.39 is 74.2 Å². The second-order valence-electron chi connectivity index (χ2n) is 18.2.